The number of terminal acetylenes is 1. The average Bonchev–Trinajstić information content (AvgIpc) is 0.844. The predicted octanol–water partition coefficient (Wildman–Crippen LogP) is 25.0. The van der Waals surface area contributed by atoms with Gasteiger partial charge in [-0.1, -0.05) is 222 Å². The molecule has 11 rings (SSSR count). The Hall–Kier alpha value is -7.84. The normalized spacial score (nSPS) is 22.9. The van der Waals surface area contributed by atoms with Gasteiger partial charge in [0.05, 0.1) is 75.7 Å². The van der Waals surface area contributed by atoms with Gasteiger partial charge in [-0.05, 0) is 279 Å². The van der Waals surface area contributed by atoms with Crippen LogP contribution in [0.2, 0.25) is 0 Å². The smallest absolute Gasteiger partial charge is 0.330 e. The fraction of sp³-hybridized carbons (Fsp3) is 0.556. The summed E-state index contributed by atoms with van der Waals surface area (Å²) in [6, 6.07) is 40.7. The van der Waals surface area contributed by atoms with Crippen LogP contribution in [-0.4, -0.2) is 93.8 Å². The summed E-state index contributed by atoms with van der Waals surface area (Å²) in [7, 11) is 0. The van der Waals surface area contributed by atoms with Crippen molar-refractivity contribution in [1.82, 2.24) is 0 Å². The van der Waals surface area contributed by atoms with Gasteiger partial charge in [-0.2, -0.15) is 0 Å². The van der Waals surface area contributed by atoms with Gasteiger partial charge >= 0.3 is 35.8 Å². The zero-order valence-electron chi connectivity index (χ0n) is 74.7. The zero-order valence-corrected chi connectivity index (χ0v) is 79.0. The van der Waals surface area contributed by atoms with Crippen LogP contribution in [0.25, 0.3) is 0 Å². The standard InChI is InChI=1S/C70H90O10.C32H44O5.C6H4I2/c1-5-11-51-17-21-55(22-18-51)49-61(57-29-41-65(42-30-57)79-69(73)59-33-37-63(38-34-59)75-45-9-47-77-67(71)7-3)27-25-53-13-15-54(16-14-53)26-28-62(50-56-23-19-52(12-6-2)20-24-56)58-31-43-66(44-32-58)80-70(74)60-35-39-64(40-36-60)76-46-10-48-78-68(72)8-4;1-4-8-24-9-11-25(12-10-24)23-26(5-2)27-13-19-30(20-14-27)37-32(34)28-15-17-29(18-16-28)35-21-7-22-36-31(33)6-3;7-5-1-2-6(8)4-3-5/h7-8,13-16,29-32,41-44,51-52,55-56,59-64H,3-6,9-12,17-24,33-40,45-50H2,1-2H3;2,6,13-14,19-20,24-26,28-29H,3-4,7-12,15-18,21-23H2,1H3;1-4H. The number of ether oxygens (including phenoxy) is 9. The van der Waals surface area contributed by atoms with Crippen LogP contribution in [0.5, 0.6) is 17.2 Å². The van der Waals surface area contributed by atoms with Crippen LogP contribution in [0.4, 0.5) is 0 Å². The molecular weight excluding hydrogens is 1790 g/mol. The molecule has 0 bridgehead atoms. The van der Waals surface area contributed by atoms with Gasteiger partial charge in [0, 0.05) is 73.5 Å². The molecule has 17 heteroatoms. The molecule has 0 spiro atoms. The van der Waals surface area contributed by atoms with Gasteiger partial charge in [0.2, 0.25) is 0 Å². The first-order chi connectivity index (χ1) is 60.9. The molecule has 0 saturated heterocycles. The minimum Gasteiger partial charge on any atom is -0.462 e. The van der Waals surface area contributed by atoms with Gasteiger partial charge in [-0.15, -0.1) is 6.42 Å². The lowest BCUT2D eigenvalue weighted by atomic mass is 9.76. The fourth-order valence-corrected chi connectivity index (χ4v) is 19.4. The number of benzene rings is 5. The summed E-state index contributed by atoms with van der Waals surface area (Å²) in [5, 5.41) is 0. The van der Waals surface area contributed by atoms with Gasteiger partial charge in [0.15, 0.2) is 0 Å². The maximum absolute atomic E-state index is 13.3. The molecule has 0 amide bonds. The number of rotatable bonds is 39. The van der Waals surface area contributed by atoms with E-state index in [4.69, 9.17) is 49.1 Å². The molecule has 674 valence electrons. The summed E-state index contributed by atoms with van der Waals surface area (Å²) in [5.41, 5.74) is 5.34. The second kappa shape index (κ2) is 57.2. The van der Waals surface area contributed by atoms with Gasteiger partial charge in [0.25, 0.3) is 0 Å². The lowest BCUT2D eigenvalue weighted by molar-refractivity contribution is -0.142. The van der Waals surface area contributed by atoms with E-state index in [2.05, 4.69) is 188 Å². The molecular formula is C108H138I2O15. The van der Waals surface area contributed by atoms with Crippen molar-refractivity contribution < 1.29 is 71.4 Å². The molecule has 3 unspecified atom stereocenters. The van der Waals surface area contributed by atoms with Crippen LogP contribution >= 0.6 is 45.2 Å². The van der Waals surface area contributed by atoms with E-state index in [9.17, 15) is 28.8 Å². The second-order valence-electron chi connectivity index (χ2n) is 35.3. The van der Waals surface area contributed by atoms with E-state index >= 15 is 0 Å². The molecule has 0 radical (unpaired) electrons. The van der Waals surface area contributed by atoms with E-state index < -0.39 is 17.9 Å². The number of carbonyl (C=O) groups excluding carboxylic acids is 6. The van der Waals surface area contributed by atoms with E-state index in [0.717, 1.165) is 160 Å². The highest BCUT2D eigenvalue weighted by atomic mass is 127. The fourth-order valence-electron chi connectivity index (χ4n) is 18.7. The molecule has 0 aliphatic heterocycles. The maximum atomic E-state index is 13.3. The number of hydrogen-bond donors (Lipinski definition) is 0. The molecule has 15 nitrogen and oxygen atoms in total. The molecule has 0 N–H and O–H groups in total. The maximum Gasteiger partial charge on any atom is 0.330 e. The summed E-state index contributed by atoms with van der Waals surface area (Å²) >= 11 is 4.59. The van der Waals surface area contributed by atoms with Gasteiger partial charge in [-0.3, -0.25) is 14.4 Å². The Morgan fingerprint density at radius 1 is 0.352 bits per heavy atom. The molecule has 5 aromatic carbocycles. The molecule has 6 saturated carbocycles. The van der Waals surface area contributed by atoms with Gasteiger partial charge in [-0.25, -0.2) is 14.4 Å². The second-order valence-corrected chi connectivity index (χ2v) is 37.8. The molecule has 125 heavy (non-hydrogen) atoms. The van der Waals surface area contributed by atoms with Crippen LogP contribution < -0.4 is 14.2 Å². The highest BCUT2D eigenvalue weighted by Gasteiger charge is 2.34. The van der Waals surface area contributed by atoms with E-state index in [1.165, 1.54) is 123 Å². The third kappa shape index (κ3) is 37.4. The summed E-state index contributed by atoms with van der Waals surface area (Å²) < 4.78 is 53.1. The third-order valence-corrected chi connectivity index (χ3v) is 27.5. The summed E-state index contributed by atoms with van der Waals surface area (Å²) in [4.78, 5) is 72.9. The summed E-state index contributed by atoms with van der Waals surface area (Å²) in [6.07, 6.45) is 47.1. The quantitative estimate of drug-likeness (QED) is 0.00687. The van der Waals surface area contributed by atoms with Crippen molar-refractivity contribution in [2.45, 2.75) is 288 Å². The van der Waals surface area contributed by atoms with E-state index in [-0.39, 0.29) is 71.7 Å². The van der Waals surface area contributed by atoms with Crippen molar-refractivity contribution in [3.63, 3.8) is 0 Å². The third-order valence-electron chi connectivity index (χ3n) is 26.1. The van der Waals surface area contributed by atoms with Crippen LogP contribution in [-0.2, 0) is 57.2 Å². The number of hydrogen-bond acceptors (Lipinski definition) is 15. The highest BCUT2D eigenvalue weighted by molar-refractivity contribution is 14.1. The van der Waals surface area contributed by atoms with Crippen molar-refractivity contribution in [2.75, 3.05) is 39.6 Å². The van der Waals surface area contributed by atoms with Crippen molar-refractivity contribution in [1.29, 1.82) is 0 Å². The Labute approximate surface area is 775 Å². The molecule has 6 aliphatic carbocycles. The lowest BCUT2D eigenvalue weighted by Gasteiger charge is -2.30. The molecule has 6 aliphatic rings. The first-order valence-corrected chi connectivity index (χ1v) is 49.2. The Balaban J connectivity index is 0.000000322. The van der Waals surface area contributed by atoms with Gasteiger partial charge < -0.3 is 42.6 Å². The number of halogens is 2. The van der Waals surface area contributed by atoms with Crippen LogP contribution in [0.15, 0.2) is 159 Å². The van der Waals surface area contributed by atoms with Gasteiger partial charge in [0.1, 0.15) is 17.2 Å². The van der Waals surface area contributed by atoms with E-state index in [1.54, 1.807) is 0 Å². The summed E-state index contributed by atoms with van der Waals surface area (Å²) in [5.74, 6) is 21.7. The SMILES string of the molecule is C#CC(CC1CCC(CCC)CC1)c1ccc(OC(=O)C2CCC(OCCCOC(=O)C=C)CC2)cc1.C=CC(=O)OCCCOC1CCC(C(=O)Oc2ccc(C(C#Cc3ccc(C#CC(CC4CCC(CCC)CC4)c4ccc(OC(=O)C5CCC(OCCCOC(=O)C=C)CC5)cc4)cc3)CC3CCC(CCC)CC3)cc2)CC1.Ic1ccc(I)cc1. The zero-order chi connectivity index (χ0) is 88.8. The number of esters is 6. The predicted molar refractivity (Wildman–Crippen MR) is 513 cm³/mol. The highest BCUT2D eigenvalue weighted by Crippen LogP contribution is 2.42. The Bertz CT molecular complexity index is 4030. The van der Waals surface area contributed by atoms with E-state index in [1.807, 2.05) is 48.5 Å². The lowest BCUT2D eigenvalue weighted by Crippen LogP contribution is -2.29. The van der Waals surface area contributed by atoms with Crippen molar-refractivity contribution in [3.8, 4) is 53.3 Å². The topological polar surface area (TPSA) is 185 Å². The van der Waals surface area contributed by atoms with Crippen molar-refractivity contribution in [2.24, 2.45) is 53.3 Å². The minimum atomic E-state index is -0.425. The summed E-state index contributed by atoms with van der Waals surface area (Å²) in [6.45, 7) is 19.6. The van der Waals surface area contributed by atoms with Crippen molar-refractivity contribution >= 4 is 81.0 Å². The molecule has 0 heterocycles. The largest absolute Gasteiger partial charge is 0.462 e. The first kappa shape index (κ1) is 101. The molecule has 5 aromatic rings. The van der Waals surface area contributed by atoms with E-state index in [0.29, 0.717) is 93.9 Å². The first-order valence-electron chi connectivity index (χ1n) is 47.1. The van der Waals surface area contributed by atoms with Crippen LogP contribution in [0.1, 0.15) is 297 Å². The Kier molecular flexibility index (Phi) is 46.2. The Morgan fingerprint density at radius 3 is 0.864 bits per heavy atom. The molecule has 6 fully saturated rings. The average molecular weight is 1930 g/mol. The minimum absolute atomic E-state index is 0.0457. The Morgan fingerprint density at radius 2 is 0.608 bits per heavy atom. The monoisotopic (exact) mass is 1930 g/mol. The molecule has 3 atom stereocenters. The van der Waals surface area contributed by atoms with Crippen LogP contribution in [0, 0.1) is 96.4 Å². The molecule has 0 aromatic heterocycles. The van der Waals surface area contributed by atoms with Crippen LogP contribution in [0.3, 0.4) is 0 Å². The van der Waals surface area contributed by atoms with Crippen molar-refractivity contribution in [3.05, 3.63) is 194 Å². The number of carbonyl (C=O) groups is 6.